The predicted molar refractivity (Wildman–Crippen MR) is 42.4 cm³/mol. The van der Waals surface area contributed by atoms with Gasteiger partial charge in [0.15, 0.2) is 0 Å². The molecule has 0 aliphatic rings. The van der Waals surface area contributed by atoms with E-state index in [9.17, 15) is 13.2 Å². The molecule has 1 atom stereocenters. The van der Waals surface area contributed by atoms with Gasteiger partial charge < -0.3 is 9.84 Å². The first-order chi connectivity index (χ1) is 5.95. The van der Waals surface area contributed by atoms with Crippen LogP contribution in [0.2, 0.25) is 0 Å². The Morgan fingerprint density at radius 1 is 1.38 bits per heavy atom. The molecule has 1 N–H and O–H groups in total. The molecule has 1 unspecified atom stereocenters. The second-order valence-corrected chi connectivity index (χ2v) is 2.86. The van der Waals surface area contributed by atoms with Crippen LogP contribution in [0.3, 0.4) is 0 Å². The topological polar surface area (TPSA) is 29.5 Å². The van der Waals surface area contributed by atoms with Crippen LogP contribution >= 0.6 is 0 Å². The van der Waals surface area contributed by atoms with Gasteiger partial charge in [0, 0.05) is 13.0 Å². The lowest BCUT2D eigenvalue weighted by Gasteiger charge is -2.09. The summed E-state index contributed by atoms with van der Waals surface area (Å²) in [6.45, 7) is 1.95. The third kappa shape index (κ3) is 9.63. The van der Waals surface area contributed by atoms with Crippen molar-refractivity contribution in [1.82, 2.24) is 0 Å². The minimum atomic E-state index is -4.10. The van der Waals surface area contributed by atoms with Crippen LogP contribution in [-0.2, 0) is 4.74 Å². The molecule has 0 radical (unpaired) electrons. The Balaban J connectivity index is 3.18. The smallest absolute Gasteiger partial charge is 0.389 e. The van der Waals surface area contributed by atoms with Crippen molar-refractivity contribution in [3.8, 4) is 0 Å². The van der Waals surface area contributed by atoms with Gasteiger partial charge in [-0.15, -0.1) is 0 Å². The molecular weight excluding hydrogens is 185 g/mol. The van der Waals surface area contributed by atoms with E-state index in [-0.39, 0.29) is 19.6 Å². The third-order valence-corrected chi connectivity index (χ3v) is 1.53. The molecule has 0 aliphatic heterocycles. The van der Waals surface area contributed by atoms with E-state index in [0.717, 1.165) is 0 Å². The fourth-order valence-electron chi connectivity index (χ4n) is 0.712. The lowest BCUT2D eigenvalue weighted by molar-refractivity contribution is -0.138. The Morgan fingerprint density at radius 2 is 2.00 bits per heavy atom. The molecule has 13 heavy (non-hydrogen) atoms. The Labute approximate surface area is 75.7 Å². The van der Waals surface area contributed by atoms with Crippen LogP contribution in [-0.4, -0.2) is 30.6 Å². The van der Waals surface area contributed by atoms with E-state index >= 15 is 0 Å². The number of halogens is 3. The molecule has 0 saturated heterocycles. The average molecular weight is 200 g/mol. The first-order valence-electron chi connectivity index (χ1n) is 4.28. The van der Waals surface area contributed by atoms with Crippen molar-refractivity contribution in [2.45, 2.75) is 38.5 Å². The molecular formula is C8H15F3O2. The van der Waals surface area contributed by atoms with Gasteiger partial charge in [-0.2, -0.15) is 13.2 Å². The molecule has 0 aromatic carbocycles. The maximum absolute atomic E-state index is 11.6. The van der Waals surface area contributed by atoms with E-state index in [2.05, 4.69) is 0 Å². The van der Waals surface area contributed by atoms with Crippen LogP contribution in [0.25, 0.3) is 0 Å². The number of hydrogen-bond acceptors (Lipinski definition) is 2. The standard InChI is InChI=1S/C8H15F3O2/c1-2-7(12)6-13-5-3-4-8(9,10)11/h7,12H,2-6H2,1H3. The molecule has 0 rings (SSSR count). The maximum Gasteiger partial charge on any atom is 0.389 e. The van der Waals surface area contributed by atoms with Gasteiger partial charge in [0.05, 0.1) is 12.7 Å². The lowest BCUT2D eigenvalue weighted by Crippen LogP contribution is -2.15. The fourth-order valence-corrected chi connectivity index (χ4v) is 0.712. The van der Waals surface area contributed by atoms with E-state index in [1.54, 1.807) is 6.92 Å². The van der Waals surface area contributed by atoms with Gasteiger partial charge in [-0.1, -0.05) is 6.92 Å². The van der Waals surface area contributed by atoms with Crippen LogP contribution < -0.4 is 0 Å². The highest BCUT2D eigenvalue weighted by Crippen LogP contribution is 2.20. The number of aliphatic hydroxyl groups is 1. The number of ether oxygens (including phenoxy) is 1. The number of aliphatic hydroxyl groups excluding tert-OH is 1. The summed E-state index contributed by atoms with van der Waals surface area (Å²) in [4.78, 5) is 0. The van der Waals surface area contributed by atoms with Gasteiger partial charge >= 0.3 is 6.18 Å². The summed E-state index contributed by atoms with van der Waals surface area (Å²) in [6.07, 6.45) is -4.98. The molecule has 0 amide bonds. The Bertz CT molecular complexity index is 125. The molecule has 0 heterocycles. The molecule has 80 valence electrons. The Hall–Kier alpha value is -0.290. The van der Waals surface area contributed by atoms with Crippen molar-refractivity contribution in [2.24, 2.45) is 0 Å². The quantitative estimate of drug-likeness (QED) is 0.665. The molecule has 2 nitrogen and oxygen atoms in total. The normalized spacial score (nSPS) is 14.5. The first kappa shape index (κ1) is 12.7. The number of alkyl halides is 3. The van der Waals surface area contributed by atoms with Gasteiger partial charge in [-0.05, 0) is 12.8 Å². The Morgan fingerprint density at radius 3 is 2.46 bits per heavy atom. The molecule has 0 fully saturated rings. The second kappa shape index (κ2) is 6.21. The van der Waals surface area contributed by atoms with E-state index < -0.39 is 18.7 Å². The zero-order valence-electron chi connectivity index (χ0n) is 7.60. The summed E-state index contributed by atoms with van der Waals surface area (Å²) in [5, 5.41) is 8.97. The summed E-state index contributed by atoms with van der Waals surface area (Å²) >= 11 is 0. The van der Waals surface area contributed by atoms with Crippen molar-refractivity contribution >= 4 is 0 Å². The maximum atomic E-state index is 11.6. The minimum absolute atomic E-state index is 0.0417. The average Bonchev–Trinajstić information content (AvgIpc) is 2.01. The van der Waals surface area contributed by atoms with Gasteiger partial charge in [0.2, 0.25) is 0 Å². The van der Waals surface area contributed by atoms with Gasteiger partial charge in [0.1, 0.15) is 0 Å². The van der Waals surface area contributed by atoms with Crippen molar-refractivity contribution < 1.29 is 23.0 Å². The van der Waals surface area contributed by atoms with Crippen LogP contribution in [0.4, 0.5) is 13.2 Å². The van der Waals surface area contributed by atoms with E-state index in [0.29, 0.717) is 6.42 Å². The van der Waals surface area contributed by atoms with Gasteiger partial charge in [0.25, 0.3) is 0 Å². The Kier molecular flexibility index (Phi) is 6.07. The van der Waals surface area contributed by atoms with E-state index in [1.807, 2.05) is 0 Å². The highest BCUT2D eigenvalue weighted by atomic mass is 19.4. The van der Waals surface area contributed by atoms with Crippen LogP contribution in [0, 0.1) is 0 Å². The van der Waals surface area contributed by atoms with Crippen molar-refractivity contribution in [3.05, 3.63) is 0 Å². The second-order valence-electron chi connectivity index (χ2n) is 2.86. The molecule has 5 heteroatoms. The molecule has 0 aromatic heterocycles. The summed E-state index contributed by atoms with van der Waals surface area (Å²) in [7, 11) is 0. The molecule has 0 spiro atoms. The summed E-state index contributed by atoms with van der Waals surface area (Å²) in [5.41, 5.74) is 0. The largest absolute Gasteiger partial charge is 0.391 e. The van der Waals surface area contributed by atoms with Crippen molar-refractivity contribution in [1.29, 1.82) is 0 Å². The molecule has 0 saturated carbocycles. The highest BCUT2D eigenvalue weighted by molar-refractivity contribution is 4.51. The zero-order valence-corrected chi connectivity index (χ0v) is 7.60. The fraction of sp³-hybridized carbons (Fsp3) is 1.00. The molecule has 0 aliphatic carbocycles. The van der Waals surface area contributed by atoms with E-state index in [1.165, 1.54) is 0 Å². The number of hydrogen-bond donors (Lipinski definition) is 1. The number of rotatable bonds is 6. The highest BCUT2D eigenvalue weighted by Gasteiger charge is 2.25. The summed E-state index contributed by atoms with van der Waals surface area (Å²) < 4.78 is 39.6. The SMILES string of the molecule is CCC(O)COCCCC(F)(F)F. The molecule has 0 bridgehead atoms. The van der Waals surface area contributed by atoms with E-state index in [4.69, 9.17) is 9.84 Å². The monoisotopic (exact) mass is 200 g/mol. The van der Waals surface area contributed by atoms with Crippen LogP contribution in [0.5, 0.6) is 0 Å². The molecule has 0 aromatic rings. The minimum Gasteiger partial charge on any atom is -0.391 e. The zero-order chi connectivity index (χ0) is 10.3. The van der Waals surface area contributed by atoms with Crippen molar-refractivity contribution in [3.63, 3.8) is 0 Å². The summed E-state index contributed by atoms with van der Waals surface area (Å²) in [6, 6.07) is 0. The van der Waals surface area contributed by atoms with Crippen LogP contribution in [0.1, 0.15) is 26.2 Å². The summed E-state index contributed by atoms with van der Waals surface area (Å²) in [5.74, 6) is 0. The van der Waals surface area contributed by atoms with Crippen molar-refractivity contribution in [2.75, 3.05) is 13.2 Å². The first-order valence-corrected chi connectivity index (χ1v) is 4.28. The third-order valence-electron chi connectivity index (χ3n) is 1.53. The lowest BCUT2D eigenvalue weighted by atomic mass is 10.3. The predicted octanol–water partition coefficient (Wildman–Crippen LogP) is 2.12. The van der Waals surface area contributed by atoms with Gasteiger partial charge in [-0.25, -0.2) is 0 Å². The van der Waals surface area contributed by atoms with Crippen LogP contribution in [0.15, 0.2) is 0 Å². The van der Waals surface area contributed by atoms with Gasteiger partial charge in [-0.3, -0.25) is 0 Å².